The summed E-state index contributed by atoms with van der Waals surface area (Å²) in [5.41, 5.74) is 2.26. The van der Waals surface area contributed by atoms with Crippen LogP contribution in [0, 0.1) is 11.7 Å². The Kier molecular flexibility index (Phi) is 10.5. The summed E-state index contributed by atoms with van der Waals surface area (Å²) in [6.07, 6.45) is 9.90. The second kappa shape index (κ2) is 13.3. The quantitative estimate of drug-likeness (QED) is 0.343. The zero-order valence-electron chi connectivity index (χ0n) is 20.7. The van der Waals surface area contributed by atoms with Crippen LogP contribution in [-0.4, -0.2) is 33.7 Å². The van der Waals surface area contributed by atoms with Crippen LogP contribution in [0.3, 0.4) is 0 Å². The number of hydrogen-bond acceptors (Lipinski definition) is 3. The van der Waals surface area contributed by atoms with Crippen molar-refractivity contribution >= 4 is 8.15 Å². The molecule has 0 radical (unpaired) electrons. The molecule has 5 heteroatoms. The van der Waals surface area contributed by atoms with Crippen molar-refractivity contribution in [3.63, 3.8) is 0 Å². The van der Waals surface area contributed by atoms with Crippen LogP contribution in [0.1, 0.15) is 74.8 Å². The average molecular weight is 475 g/mol. The number of hydrogen-bond donors (Lipinski definition) is 0. The molecule has 2 saturated carbocycles. The highest BCUT2D eigenvalue weighted by molar-refractivity contribution is 7.51. The van der Waals surface area contributed by atoms with Crippen LogP contribution in [0.2, 0.25) is 0 Å². The van der Waals surface area contributed by atoms with Crippen molar-refractivity contribution in [3.8, 4) is 11.5 Å². The second-order valence-corrected chi connectivity index (χ2v) is 11.1. The van der Waals surface area contributed by atoms with Crippen LogP contribution in [0.25, 0.3) is 0 Å². The van der Waals surface area contributed by atoms with Gasteiger partial charge < -0.3 is 14.0 Å². The Labute approximate surface area is 200 Å². The van der Waals surface area contributed by atoms with Gasteiger partial charge in [0.2, 0.25) is 0 Å². The van der Waals surface area contributed by atoms with Crippen molar-refractivity contribution in [1.82, 2.24) is 0 Å². The lowest BCUT2D eigenvalue weighted by molar-refractivity contribution is 0.377. The molecule has 2 aromatic rings. The SMILES string of the molecule is CCOP(C)CC(c1cccc(OC)c1)C1CC1.COc1ccc(F)c(C2CCCCC2)c1. The normalized spacial score (nSPS) is 18.1. The number of benzene rings is 2. The van der Waals surface area contributed by atoms with Gasteiger partial charge in [-0.25, -0.2) is 4.39 Å². The molecule has 0 heterocycles. The van der Waals surface area contributed by atoms with Crippen LogP contribution in [0.4, 0.5) is 4.39 Å². The Morgan fingerprint density at radius 1 is 0.939 bits per heavy atom. The number of rotatable bonds is 9. The van der Waals surface area contributed by atoms with Crippen molar-refractivity contribution in [3.05, 3.63) is 59.4 Å². The van der Waals surface area contributed by atoms with Crippen molar-refractivity contribution < 1.29 is 18.4 Å². The molecule has 0 amide bonds. The van der Waals surface area contributed by atoms with Crippen LogP contribution < -0.4 is 9.47 Å². The monoisotopic (exact) mass is 474 g/mol. The van der Waals surface area contributed by atoms with E-state index in [-0.39, 0.29) is 14.0 Å². The third-order valence-electron chi connectivity index (χ3n) is 6.76. The Hall–Kier alpha value is -1.64. The largest absolute Gasteiger partial charge is 0.497 e. The Morgan fingerprint density at radius 3 is 2.27 bits per heavy atom. The summed E-state index contributed by atoms with van der Waals surface area (Å²) >= 11 is 0. The van der Waals surface area contributed by atoms with Gasteiger partial charge in [0.1, 0.15) is 17.3 Å². The highest BCUT2D eigenvalue weighted by Gasteiger charge is 2.33. The first-order valence-corrected chi connectivity index (χ1v) is 14.3. The molecule has 0 bridgehead atoms. The minimum atomic E-state index is -0.291. The molecule has 0 N–H and O–H groups in total. The Morgan fingerprint density at radius 2 is 1.64 bits per heavy atom. The van der Waals surface area contributed by atoms with E-state index in [1.807, 2.05) is 12.1 Å². The molecule has 0 aromatic heterocycles. The molecule has 2 aliphatic carbocycles. The lowest BCUT2D eigenvalue weighted by Gasteiger charge is -2.22. The van der Waals surface area contributed by atoms with E-state index in [9.17, 15) is 4.39 Å². The van der Waals surface area contributed by atoms with E-state index in [1.54, 1.807) is 20.3 Å². The molecule has 0 spiro atoms. The molecule has 2 unspecified atom stereocenters. The maximum absolute atomic E-state index is 13.6. The predicted octanol–water partition coefficient (Wildman–Crippen LogP) is 8.13. The zero-order chi connectivity index (χ0) is 23.6. The van der Waals surface area contributed by atoms with Gasteiger partial charge in [0, 0.05) is 14.8 Å². The van der Waals surface area contributed by atoms with E-state index in [4.69, 9.17) is 14.0 Å². The maximum atomic E-state index is 13.6. The molecule has 182 valence electrons. The van der Waals surface area contributed by atoms with Gasteiger partial charge in [-0.3, -0.25) is 0 Å². The van der Waals surface area contributed by atoms with Gasteiger partial charge in [0.05, 0.1) is 14.2 Å². The molecule has 0 saturated heterocycles. The first-order chi connectivity index (χ1) is 16.0. The van der Waals surface area contributed by atoms with Gasteiger partial charge in [-0.2, -0.15) is 0 Å². The minimum absolute atomic E-state index is 0.0808. The summed E-state index contributed by atoms with van der Waals surface area (Å²) in [7, 11) is 3.07. The van der Waals surface area contributed by atoms with Gasteiger partial charge in [-0.05, 0) is 105 Å². The van der Waals surface area contributed by atoms with Crippen LogP contribution in [0.15, 0.2) is 42.5 Å². The van der Waals surface area contributed by atoms with E-state index in [2.05, 4.69) is 31.8 Å². The van der Waals surface area contributed by atoms with Crippen LogP contribution in [-0.2, 0) is 4.52 Å². The lowest BCUT2D eigenvalue weighted by Crippen LogP contribution is -2.07. The summed E-state index contributed by atoms with van der Waals surface area (Å²) in [6, 6.07) is 13.6. The smallest absolute Gasteiger partial charge is 0.126 e. The van der Waals surface area contributed by atoms with Gasteiger partial charge in [-0.1, -0.05) is 31.4 Å². The summed E-state index contributed by atoms with van der Waals surface area (Å²) in [5, 5.41) is 0. The van der Waals surface area contributed by atoms with Crippen molar-refractivity contribution in [2.45, 2.75) is 63.7 Å². The molecule has 4 rings (SSSR count). The lowest BCUT2D eigenvalue weighted by atomic mass is 9.84. The first kappa shape index (κ1) is 26.0. The molecule has 2 atom stereocenters. The summed E-state index contributed by atoms with van der Waals surface area (Å²) in [5.74, 6) is 3.56. The number of methoxy groups -OCH3 is 2. The van der Waals surface area contributed by atoms with Crippen molar-refractivity contribution in [1.29, 1.82) is 0 Å². The standard InChI is InChI=1S/C15H23O2P.C13H17FO/c1-4-17-18(3)11-15(12-8-9-12)13-6-5-7-14(10-13)16-2;1-15-11-7-8-13(14)12(9-11)10-5-3-2-4-6-10/h5-7,10,12,15H,4,8-9,11H2,1-3H3;7-10H,2-6H2,1H3. The van der Waals surface area contributed by atoms with Crippen LogP contribution >= 0.6 is 8.15 Å². The number of halogens is 1. The highest BCUT2D eigenvalue weighted by Crippen LogP contribution is 2.49. The molecule has 2 aliphatic rings. The summed E-state index contributed by atoms with van der Waals surface area (Å²) in [4.78, 5) is 0. The fourth-order valence-corrected chi connectivity index (χ4v) is 6.43. The summed E-state index contributed by atoms with van der Waals surface area (Å²) in [6.45, 7) is 5.16. The fourth-order valence-electron chi connectivity index (χ4n) is 4.82. The van der Waals surface area contributed by atoms with Crippen molar-refractivity contribution in [2.24, 2.45) is 5.92 Å². The third kappa shape index (κ3) is 7.97. The molecule has 2 fully saturated rings. The summed E-state index contributed by atoms with van der Waals surface area (Å²) < 4.78 is 29.9. The Bertz CT molecular complexity index is 849. The van der Waals surface area contributed by atoms with E-state index >= 15 is 0 Å². The van der Waals surface area contributed by atoms with E-state index in [0.29, 0.717) is 11.8 Å². The van der Waals surface area contributed by atoms with Gasteiger partial charge in [0.25, 0.3) is 0 Å². The van der Waals surface area contributed by atoms with Gasteiger partial charge in [-0.15, -0.1) is 0 Å². The van der Waals surface area contributed by atoms with E-state index < -0.39 is 0 Å². The highest BCUT2D eigenvalue weighted by atomic mass is 31.1. The second-order valence-electron chi connectivity index (χ2n) is 9.17. The van der Waals surface area contributed by atoms with Gasteiger partial charge >= 0.3 is 0 Å². The predicted molar refractivity (Wildman–Crippen MR) is 137 cm³/mol. The van der Waals surface area contributed by atoms with Crippen LogP contribution in [0.5, 0.6) is 11.5 Å². The van der Waals surface area contributed by atoms with E-state index in [0.717, 1.165) is 42.4 Å². The molecular formula is C28H40FO3P. The minimum Gasteiger partial charge on any atom is -0.497 e. The average Bonchev–Trinajstić information content (AvgIpc) is 3.69. The fraction of sp³-hybridized carbons (Fsp3) is 0.571. The zero-order valence-corrected chi connectivity index (χ0v) is 21.6. The first-order valence-electron chi connectivity index (χ1n) is 12.4. The Balaban J connectivity index is 0.000000189. The molecule has 2 aromatic carbocycles. The van der Waals surface area contributed by atoms with Crippen molar-refractivity contribution in [2.75, 3.05) is 33.7 Å². The topological polar surface area (TPSA) is 27.7 Å². The van der Waals surface area contributed by atoms with E-state index in [1.165, 1.54) is 49.9 Å². The third-order valence-corrected chi connectivity index (χ3v) is 8.37. The number of ether oxygens (including phenoxy) is 2. The molecule has 0 aliphatic heterocycles. The molecular weight excluding hydrogens is 434 g/mol. The maximum Gasteiger partial charge on any atom is 0.126 e. The van der Waals surface area contributed by atoms with Gasteiger partial charge in [0.15, 0.2) is 0 Å². The molecule has 33 heavy (non-hydrogen) atoms. The molecule has 3 nitrogen and oxygen atoms in total.